The molecule has 2 aromatic heterocycles. The Kier molecular flexibility index (Phi) is 6.92. The molecule has 1 amide bonds. The van der Waals surface area contributed by atoms with Crippen molar-refractivity contribution in [3.05, 3.63) is 53.5 Å². The Bertz CT molecular complexity index is 1020. The van der Waals surface area contributed by atoms with Crippen molar-refractivity contribution in [3.8, 4) is 0 Å². The molecule has 0 spiro atoms. The fraction of sp³-hybridized carbons (Fsp3) is 0.455. The van der Waals surface area contributed by atoms with Crippen molar-refractivity contribution in [2.45, 2.75) is 52.3 Å². The summed E-state index contributed by atoms with van der Waals surface area (Å²) in [5.41, 5.74) is 1.16. The minimum atomic E-state index is -4.55. The molecule has 0 radical (unpaired) electrons. The number of aromatic amines is 1. The molecule has 2 heterocycles. The molecular weight excluding hydrogens is 407 g/mol. The Labute approximate surface area is 179 Å². The van der Waals surface area contributed by atoms with Gasteiger partial charge in [0.15, 0.2) is 5.69 Å². The van der Waals surface area contributed by atoms with Crippen molar-refractivity contribution < 1.29 is 18.0 Å². The van der Waals surface area contributed by atoms with Gasteiger partial charge in [0, 0.05) is 24.8 Å². The van der Waals surface area contributed by atoms with Gasteiger partial charge in [-0.05, 0) is 55.0 Å². The number of nitrogens with zero attached hydrogens (tertiary/aromatic N) is 3. The molecule has 1 unspecified atom stereocenters. The summed E-state index contributed by atoms with van der Waals surface area (Å²) in [6.07, 6.45) is -1.18. The van der Waals surface area contributed by atoms with Crippen molar-refractivity contribution in [3.63, 3.8) is 0 Å². The zero-order valence-corrected chi connectivity index (χ0v) is 18.0. The lowest BCUT2D eigenvalue weighted by Gasteiger charge is -2.25. The van der Waals surface area contributed by atoms with Crippen LogP contribution in [-0.2, 0) is 17.5 Å². The van der Waals surface area contributed by atoms with Crippen molar-refractivity contribution in [1.82, 2.24) is 20.2 Å². The third-order valence-electron chi connectivity index (χ3n) is 5.20. The summed E-state index contributed by atoms with van der Waals surface area (Å²) in [6.45, 7) is 6.80. The van der Waals surface area contributed by atoms with Crippen LogP contribution >= 0.6 is 0 Å². The van der Waals surface area contributed by atoms with Gasteiger partial charge in [0.1, 0.15) is 0 Å². The second kappa shape index (κ2) is 9.45. The summed E-state index contributed by atoms with van der Waals surface area (Å²) in [4.78, 5) is 17.1. The number of nitrogens with one attached hydrogen (secondary N) is 2. The molecule has 168 valence electrons. The maximum Gasteiger partial charge on any atom is 0.435 e. The summed E-state index contributed by atoms with van der Waals surface area (Å²) in [6, 6.07) is 8.66. The monoisotopic (exact) mass is 435 g/mol. The van der Waals surface area contributed by atoms with Crippen LogP contribution in [0.2, 0.25) is 0 Å². The number of amides is 1. The molecule has 0 fully saturated rings. The molecule has 31 heavy (non-hydrogen) atoms. The minimum Gasteiger partial charge on any atom is -0.361 e. The Morgan fingerprint density at radius 1 is 1.19 bits per heavy atom. The number of fused-ring (bicyclic) bond motifs is 1. The van der Waals surface area contributed by atoms with E-state index in [2.05, 4.69) is 15.4 Å². The molecule has 6 nitrogen and oxygen atoms in total. The van der Waals surface area contributed by atoms with Gasteiger partial charge in [-0.3, -0.25) is 9.80 Å². The van der Waals surface area contributed by atoms with E-state index in [1.807, 2.05) is 44.3 Å². The number of carbonyl (C=O) groups is 1. The highest BCUT2D eigenvalue weighted by molar-refractivity contribution is 5.86. The first-order valence-corrected chi connectivity index (χ1v) is 10.5. The van der Waals surface area contributed by atoms with Crippen molar-refractivity contribution in [1.29, 1.82) is 0 Å². The molecule has 0 aliphatic heterocycles. The predicted octanol–water partition coefficient (Wildman–Crippen LogP) is 4.56. The van der Waals surface area contributed by atoms with E-state index in [-0.39, 0.29) is 12.5 Å². The lowest BCUT2D eigenvalue weighted by Crippen LogP contribution is -2.39. The highest BCUT2D eigenvalue weighted by atomic mass is 19.4. The number of hydrogen-bond donors (Lipinski definition) is 2. The average Bonchev–Trinajstić information content (AvgIpc) is 3.37. The molecule has 3 rings (SSSR count). The summed E-state index contributed by atoms with van der Waals surface area (Å²) >= 11 is 0. The van der Waals surface area contributed by atoms with Gasteiger partial charge in [-0.15, -0.1) is 5.10 Å². The van der Waals surface area contributed by atoms with Crippen LogP contribution in [0.5, 0.6) is 0 Å². The Morgan fingerprint density at radius 3 is 2.55 bits per heavy atom. The molecule has 0 bridgehead atoms. The van der Waals surface area contributed by atoms with Gasteiger partial charge < -0.3 is 10.3 Å². The zero-order chi connectivity index (χ0) is 22.6. The van der Waals surface area contributed by atoms with Gasteiger partial charge >= 0.3 is 6.18 Å². The number of hydrogen-bond acceptors (Lipinski definition) is 3. The van der Waals surface area contributed by atoms with Gasteiger partial charge in [-0.25, -0.2) is 0 Å². The zero-order valence-electron chi connectivity index (χ0n) is 18.0. The molecule has 1 aromatic carbocycles. The first kappa shape index (κ1) is 22.7. The first-order chi connectivity index (χ1) is 14.7. The molecule has 0 saturated heterocycles. The topological polar surface area (TPSA) is 66.0 Å². The van der Waals surface area contributed by atoms with Crippen LogP contribution < -0.4 is 10.3 Å². The third kappa shape index (κ3) is 5.21. The van der Waals surface area contributed by atoms with E-state index in [0.717, 1.165) is 35.4 Å². The fourth-order valence-corrected chi connectivity index (χ4v) is 3.56. The molecular formula is C22H28F3N5O. The summed E-state index contributed by atoms with van der Waals surface area (Å²) in [7, 11) is 0. The molecule has 1 atom stereocenters. The Hall–Kier alpha value is -2.97. The lowest BCUT2D eigenvalue weighted by molar-refractivity contribution is -0.141. The number of alkyl halides is 3. The van der Waals surface area contributed by atoms with E-state index in [1.54, 1.807) is 11.9 Å². The Balaban J connectivity index is 1.78. The number of carbonyl (C=O) groups excluding carboxylic acids is 1. The van der Waals surface area contributed by atoms with E-state index in [4.69, 9.17) is 0 Å². The molecule has 0 saturated carbocycles. The van der Waals surface area contributed by atoms with Crippen molar-refractivity contribution in [2.75, 3.05) is 18.1 Å². The molecule has 0 aliphatic carbocycles. The van der Waals surface area contributed by atoms with Crippen LogP contribution in [0.15, 0.2) is 36.5 Å². The standard InChI is InChI=1S/C22H28F3N5O/c1-4-10-29(11-5-2)30-18(13-20(28-30)22(23,24)25)14-27-21(31)15(3)16-6-7-19-17(12-16)8-9-26-19/h6-9,12-13,15,26H,4-5,10-11,14H2,1-3H3,(H,27,31). The predicted molar refractivity (Wildman–Crippen MR) is 114 cm³/mol. The van der Waals surface area contributed by atoms with Crippen molar-refractivity contribution >= 4 is 16.8 Å². The number of rotatable bonds is 9. The number of halogens is 3. The van der Waals surface area contributed by atoms with Crippen LogP contribution in [0.3, 0.4) is 0 Å². The van der Waals surface area contributed by atoms with E-state index in [1.165, 1.54) is 4.79 Å². The van der Waals surface area contributed by atoms with Gasteiger partial charge in [-0.1, -0.05) is 19.9 Å². The van der Waals surface area contributed by atoms with Crippen LogP contribution in [0.1, 0.15) is 56.5 Å². The van der Waals surface area contributed by atoms with Gasteiger partial charge in [-0.2, -0.15) is 18.0 Å². The quantitative estimate of drug-likeness (QED) is 0.518. The second-order valence-corrected chi connectivity index (χ2v) is 7.63. The van der Waals surface area contributed by atoms with Gasteiger partial charge in [0.2, 0.25) is 5.91 Å². The van der Waals surface area contributed by atoms with E-state index < -0.39 is 17.8 Å². The number of aromatic nitrogens is 3. The molecule has 2 N–H and O–H groups in total. The maximum absolute atomic E-state index is 13.3. The minimum absolute atomic E-state index is 0.0391. The van der Waals surface area contributed by atoms with Gasteiger partial charge in [0.05, 0.1) is 18.2 Å². The van der Waals surface area contributed by atoms with E-state index in [9.17, 15) is 18.0 Å². The smallest absolute Gasteiger partial charge is 0.361 e. The number of benzene rings is 1. The number of H-pyrrole nitrogens is 1. The molecule has 3 aromatic rings. The SMILES string of the molecule is CCCN(CCC)n1nc(C(F)(F)F)cc1CNC(=O)C(C)c1ccc2[nH]ccc2c1. The van der Waals surface area contributed by atoms with Crippen LogP contribution in [0.4, 0.5) is 13.2 Å². The van der Waals surface area contributed by atoms with Crippen LogP contribution in [0, 0.1) is 0 Å². The second-order valence-electron chi connectivity index (χ2n) is 7.63. The fourth-order valence-electron chi connectivity index (χ4n) is 3.56. The normalized spacial score (nSPS) is 12.8. The van der Waals surface area contributed by atoms with Gasteiger partial charge in [0.25, 0.3) is 0 Å². The molecule has 0 aliphatic rings. The lowest BCUT2D eigenvalue weighted by atomic mass is 9.99. The van der Waals surface area contributed by atoms with E-state index in [0.29, 0.717) is 18.8 Å². The largest absolute Gasteiger partial charge is 0.435 e. The van der Waals surface area contributed by atoms with Crippen LogP contribution in [-0.4, -0.2) is 33.9 Å². The van der Waals surface area contributed by atoms with E-state index >= 15 is 0 Å². The summed E-state index contributed by atoms with van der Waals surface area (Å²) < 4.78 is 39.8. The van der Waals surface area contributed by atoms with Crippen molar-refractivity contribution in [2.24, 2.45) is 0 Å². The summed E-state index contributed by atoms with van der Waals surface area (Å²) in [5.74, 6) is -0.700. The highest BCUT2D eigenvalue weighted by Crippen LogP contribution is 2.29. The van der Waals surface area contributed by atoms with Crippen LogP contribution in [0.25, 0.3) is 10.9 Å². The average molecular weight is 435 g/mol. The highest BCUT2D eigenvalue weighted by Gasteiger charge is 2.35. The summed E-state index contributed by atoms with van der Waals surface area (Å²) in [5, 5.41) is 9.35. The first-order valence-electron chi connectivity index (χ1n) is 10.5. The molecule has 9 heteroatoms. The Morgan fingerprint density at radius 2 is 1.90 bits per heavy atom. The maximum atomic E-state index is 13.3. The third-order valence-corrected chi connectivity index (χ3v) is 5.20.